The van der Waals surface area contributed by atoms with Gasteiger partial charge in [-0.3, -0.25) is 24.6 Å². The number of amides is 3. The number of benzene rings is 2. The minimum atomic E-state index is -0.613. The second kappa shape index (κ2) is 9.24. The van der Waals surface area contributed by atoms with E-state index < -0.39 is 11.9 Å². The largest absolute Gasteiger partial charge is 0.508 e. The second-order valence-corrected chi connectivity index (χ2v) is 10.4. The summed E-state index contributed by atoms with van der Waals surface area (Å²) in [6, 6.07) is 12.9. The van der Waals surface area contributed by atoms with Crippen LogP contribution in [0, 0.1) is 0 Å². The van der Waals surface area contributed by atoms with E-state index in [2.05, 4.69) is 10.2 Å². The lowest BCUT2D eigenvalue weighted by Gasteiger charge is -2.48. The van der Waals surface area contributed by atoms with Crippen LogP contribution >= 0.6 is 0 Å². The molecule has 8 nitrogen and oxygen atoms in total. The molecular weight excluding hydrogens is 458 g/mol. The maximum absolute atomic E-state index is 13.0. The van der Waals surface area contributed by atoms with Crippen LogP contribution in [0.5, 0.6) is 11.5 Å². The van der Waals surface area contributed by atoms with E-state index in [1.165, 1.54) is 6.42 Å². The summed E-state index contributed by atoms with van der Waals surface area (Å²) < 4.78 is 6.52. The smallest absolute Gasteiger partial charge is 0.255 e. The fourth-order valence-corrected chi connectivity index (χ4v) is 6.24. The Morgan fingerprint density at radius 3 is 2.58 bits per heavy atom. The first-order valence-corrected chi connectivity index (χ1v) is 12.9. The number of fused-ring (bicyclic) bond motifs is 1. The van der Waals surface area contributed by atoms with Crippen molar-refractivity contribution in [1.82, 2.24) is 15.1 Å². The molecule has 1 aliphatic carbocycles. The number of ether oxygens (including phenoxy) is 1. The molecule has 3 fully saturated rings. The second-order valence-electron chi connectivity index (χ2n) is 10.4. The zero-order valence-corrected chi connectivity index (χ0v) is 20.2. The minimum absolute atomic E-state index is 0.0745. The van der Waals surface area contributed by atoms with E-state index in [4.69, 9.17) is 4.74 Å². The van der Waals surface area contributed by atoms with E-state index in [0.717, 1.165) is 49.2 Å². The Labute approximate surface area is 210 Å². The highest BCUT2D eigenvalue weighted by Crippen LogP contribution is 2.38. The van der Waals surface area contributed by atoms with Gasteiger partial charge >= 0.3 is 0 Å². The molecular formula is C28H31N3O5. The van der Waals surface area contributed by atoms with Crippen molar-refractivity contribution in [3.63, 3.8) is 0 Å². The van der Waals surface area contributed by atoms with Gasteiger partial charge in [0, 0.05) is 43.6 Å². The van der Waals surface area contributed by atoms with Gasteiger partial charge in [0.1, 0.15) is 23.6 Å². The lowest BCUT2D eigenvalue weighted by Crippen LogP contribution is -2.57. The Morgan fingerprint density at radius 2 is 1.78 bits per heavy atom. The maximum Gasteiger partial charge on any atom is 0.255 e. The van der Waals surface area contributed by atoms with Crippen LogP contribution in [0.15, 0.2) is 42.5 Å². The van der Waals surface area contributed by atoms with Gasteiger partial charge in [-0.05, 0) is 61.1 Å². The third kappa shape index (κ3) is 4.13. The molecule has 0 aromatic heterocycles. The molecule has 0 bridgehead atoms. The average molecular weight is 490 g/mol. The Hall–Kier alpha value is -3.39. The molecule has 1 saturated carbocycles. The van der Waals surface area contributed by atoms with Crippen LogP contribution in [0.4, 0.5) is 0 Å². The molecule has 0 spiro atoms. The normalized spacial score (nSPS) is 26.9. The standard InChI is InChI=1S/C28H31N3O5/c32-24-7-3-1-5-20(24)18-14-30(15-18)22-6-2-4-8-25(22)36-19-9-10-21-17(13-19)16-31(28(21)35)23-11-12-26(33)29-27(23)34/h1,3,5,7,9-10,13,18,22-23,25,32H,2,4,6,8,11-12,14-16H2,(H,29,33,34)/t22-,23?,25+/m0/s1. The van der Waals surface area contributed by atoms with Crippen molar-refractivity contribution in [2.45, 2.75) is 69.2 Å². The summed E-state index contributed by atoms with van der Waals surface area (Å²) in [5.74, 6) is 0.618. The highest BCUT2D eigenvalue weighted by atomic mass is 16.5. The highest BCUT2D eigenvalue weighted by molar-refractivity contribution is 6.05. The third-order valence-corrected chi connectivity index (χ3v) is 8.21. The molecule has 36 heavy (non-hydrogen) atoms. The molecule has 8 heteroatoms. The summed E-state index contributed by atoms with van der Waals surface area (Å²) in [6.45, 7) is 2.18. The fraction of sp³-hybridized carbons (Fsp3) is 0.464. The number of para-hydroxylation sites is 1. The number of phenols is 1. The van der Waals surface area contributed by atoms with Crippen molar-refractivity contribution in [3.05, 3.63) is 59.2 Å². The van der Waals surface area contributed by atoms with Gasteiger partial charge in [0.25, 0.3) is 5.91 Å². The molecule has 6 rings (SSSR count). The highest BCUT2D eigenvalue weighted by Gasteiger charge is 2.41. The van der Waals surface area contributed by atoms with Crippen LogP contribution in [0.1, 0.15) is 65.9 Å². The van der Waals surface area contributed by atoms with Gasteiger partial charge in [-0.25, -0.2) is 0 Å². The number of carbonyl (C=O) groups is 3. The van der Waals surface area contributed by atoms with E-state index in [1.54, 1.807) is 17.0 Å². The lowest BCUT2D eigenvalue weighted by molar-refractivity contribution is -0.136. The Kier molecular flexibility index (Phi) is 5.91. The Balaban J connectivity index is 1.12. The van der Waals surface area contributed by atoms with Crippen LogP contribution in [-0.2, 0) is 16.1 Å². The number of likely N-dealkylation sites (tertiary alicyclic amines) is 1. The first kappa shape index (κ1) is 23.0. The van der Waals surface area contributed by atoms with Gasteiger partial charge in [0.05, 0.1) is 0 Å². The quantitative estimate of drug-likeness (QED) is 0.627. The van der Waals surface area contributed by atoms with E-state index in [0.29, 0.717) is 36.2 Å². The van der Waals surface area contributed by atoms with Gasteiger partial charge in [0.15, 0.2) is 0 Å². The number of phenolic OH excluding ortho intramolecular Hbond substituents is 1. The fourth-order valence-electron chi connectivity index (χ4n) is 6.24. The summed E-state index contributed by atoms with van der Waals surface area (Å²) in [6.07, 6.45) is 5.06. The first-order valence-electron chi connectivity index (χ1n) is 12.9. The molecule has 3 amide bonds. The predicted molar refractivity (Wildman–Crippen MR) is 132 cm³/mol. The van der Waals surface area contributed by atoms with Gasteiger partial charge < -0.3 is 14.7 Å². The van der Waals surface area contributed by atoms with Crippen LogP contribution in [0.25, 0.3) is 0 Å². The zero-order valence-electron chi connectivity index (χ0n) is 20.2. The van der Waals surface area contributed by atoms with Crippen LogP contribution in [0.2, 0.25) is 0 Å². The Morgan fingerprint density at radius 1 is 0.972 bits per heavy atom. The molecule has 3 heterocycles. The maximum atomic E-state index is 13.0. The lowest BCUT2D eigenvalue weighted by atomic mass is 9.84. The van der Waals surface area contributed by atoms with E-state index >= 15 is 0 Å². The molecule has 188 valence electrons. The number of carbonyl (C=O) groups excluding carboxylic acids is 3. The summed E-state index contributed by atoms with van der Waals surface area (Å²) in [5, 5.41) is 12.6. The summed E-state index contributed by atoms with van der Waals surface area (Å²) >= 11 is 0. The SMILES string of the molecule is O=C1CCC(N2Cc3cc(O[C@@H]4CCCC[C@@H]4N4CC(c5ccccc5O)C4)ccc3C2=O)C(=O)N1. The summed E-state index contributed by atoms with van der Waals surface area (Å²) in [4.78, 5) is 40.8. The number of aromatic hydroxyl groups is 1. The van der Waals surface area contributed by atoms with Crippen molar-refractivity contribution in [2.75, 3.05) is 13.1 Å². The van der Waals surface area contributed by atoms with Crippen molar-refractivity contribution in [3.8, 4) is 11.5 Å². The summed E-state index contributed by atoms with van der Waals surface area (Å²) in [7, 11) is 0. The number of hydrogen-bond donors (Lipinski definition) is 2. The first-order chi connectivity index (χ1) is 17.5. The number of rotatable bonds is 5. The number of nitrogens with one attached hydrogen (secondary N) is 1. The molecule has 2 N–H and O–H groups in total. The number of nitrogens with zero attached hydrogens (tertiary/aromatic N) is 2. The van der Waals surface area contributed by atoms with Crippen molar-refractivity contribution in [2.24, 2.45) is 0 Å². The van der Waals surface area contributed by atoms with Crippen molar-refractivity contribution >= 4 is 17.7 Å². The molecule has 2 aromatic rings. The van der Waals surface area contributed by atoms with Crippen LogP contribution < -0.4 is 10.1 Å². The molecule has 3 aliphatic heterocycles. The van der Waals surface area contributed by atoms with Crippen LogP contribution in [0.3, 0.4) is 0 Å². The third-order valence-electron chi connectivity index (χ3n) is 8.21. The molecule has 2 saturated heterocycles. The van der Waals surface area contributed by atoms with E-state index in [1.807, 2.05) is 30.3 Å². The average Bonchev–Trinajstić information content (AvgIpc) is 3.16. The molecule has 4 aliphatic rings. The molecule has 2 aromatic carbocycles. The summed E-state index contributed by atoms with van der Waals surface area (Å²) in [5.41, 5.74) is 2.48. The molecule has 1 unspecified atom stereocenters. The van der Waals surface area contributed by atoms with Crippen molar-refractivity contribution < 1.29 is 24.2 Å². The van der Waals surface area contributed by atoms with Crippen molar-refractivity contribution in [1.29, 1.82) is 0 Å². The van der Waals surface area contributed by atoms with Crippen LogP contribution in [-0.4, -0.2) is 63.9 Å². The molecule has 0 radical (unpaired) electrons. The Bertz CT molecular complexity index is 1210. The van der Waals surface area contributed by atoms with E-state index in [9.17, 15) is 19.5 Å². The monoisotopic (exact) mass is 489 g/mol. The number of piperidine rings is 1. The van der Waals surface area contributed by atoms with Gasteiger partial charge in [0.2, 0.25) is 11.8 Å². The topological polar surface area (TPSA) is 99.2 Å². The number of hydrogen-bond acceptors (Lipinski definition) is 6. The predicted octanol–water partition coefficient (Wildman–Crippen LogP) is 2.94. The molecule has 3 atom stereocenters. The minimum Gasteiger partial charge on any atom is -0.508 e. The van der Waals surface area contributed by atoms with E-state index in [-0.39, 0.29) is 24.3 Å². The van der Waals surface area contributed by atoms with Gasteiger partial charge in [-0.1, -0.05) is 24.6 Å². The van der Waals surface area contributed by atoms with Gasteiger partial charge in [-0.15, -0.1) is 0 Å². The number of imide groups is 1. The zero-order chi connectivity index (χ0) is 24.8. The van der Waals surface area contributed by atoms with Gasteiger partial charge in [-0.2, -0.15) is 0 Å².